The highest BCUT2D eigenvalue weighted by Gasteiger charge is 2.20. The van der Waals surface area contributed by atoms with E-state index in [-0.39, 0.29) is 0 Å². The quantitative estimate of drug-likeness (QED) is 0.732. The molecule has 0 aromatic heterocycles. The standard InChI is InChI=1S/C12H12N2S/c13-11-3-1-2-8-6-9(7-10(8)11)12-14-4-5-15-12/h1-3,6H,4-5,7,13H2. The Balaban J connectivity index is 1.98. The topological polar surface area (TPSA) is 38.4 Å². The Bertz CT molecular complexity index is 475. The highest BCUT2D eigenvalue weighted by Crippen LogP contribution is 2.33. The first-order valence-corrected chi connectivity index (χ1v) is 6.09. The second kappa shape index (κ2) is 3.42. The summed E-state index contributed by atoms with van der Waals surface area (Å²) >= 11 is 1.86. The van der Waals surface area contributed by atoms with Crippen molar-refractivity contribution in [2.45, 2.75) is 6.42 Å². The summed E-state index contributed by atoms with van der Waals surface area (Å²) in [4.78, 5) is 4.50. The maximum atomic E-state index is 5.95. The molecule has 1 aliphatic carbocycles. The van der Waals surface area contributed by atoms with Gasteiger partial charge in [-0.2, -0.15) is 0 Å². The molecule has 76 valence electrons. The zero-order valence-electron chi connectivity index (χ0n) is 8.36. The summed E-state index contributed by atoms with van der Waals surface area (Å²) in [6, 6.07) is 6.11. The molecule has 2 N–H and O–H groups in total. The lowest BCUT2D eigenvalue weighted by Gasteiger charge is -2.03. The van der Waals surface area contributed by atoms with E-state index in [1.807, 2.05) is 23.9 Å². The fourth-order valence-corrected chi connectivity index (χ4v) is 2.93. The minimum absolute atomic E-state index is 0.905. The Morgan fingerprint density at radius 3 is 3.00 bits per heavy atom. The Morgan fingerprint density at radius 2 is 2.27 bits per heavy atom. The number of rotatable bonds is 1. The minimum Gasteiger partial charge on any atom is -0.398 e. The van der Waals surface area contributed by atoms with E-state index in [9.17, 15) is 0 Å². The van der Waals surface area contributed by atoms with Gasteiger partial charge >= 0.3 is 0 Å². The molecular formula is C12H12N2S. The van der Waals surface area contributed by atoms with E-state index in [0.29, 0.717) is 0 Å². The lowest BCUT2D eigenvalue weighted by molar-refractivity contribution is 1.17. The third kappa shape index (κ3) is 1.47. The third-order valence-electron chi connectivity index (χ3n) is 2.81. The average molecular weight is 216 g/mol. The van der Waals surface area contributed by atoms with Gasteiger partial charge in [-0.1, -0.05) is 12.1 Å². The highest BCUT2D eigenvalue weighted by molar-refractivity contribution is 8.14. The molecule has 1 aromatic rings. The average Bonchev–Trinajstić information content (AvgIpc) is 2.86. The Hall–Kier alpha value is -1.22. The van der Waals surface area contributed by atoms with Crippen LogP contribution < -0.4 is 5.73 Å². The number of aliphatic imine (C=N–C) groups is 1. The molecular weight excluding hydrogens is 204 g/mol. The first-order valence-electron chi connectivity index (χ1n) is 5.10. The monoisotopic (exact) mass is 216 g/mol. The first kappa shape index (κ1) is 9.04. The summed E-state index contributed by atoms with van der Waals surface area (Å²) in [6.07, 6.45) is 3.18. The van der Waals surface area contributed by atoms with Crippen LogP contribution in [0.25, 0.3) is 6.08 Å². The van der Waals surface area contributed by atoms with Gasteiger partial charge in [-0.05, 0) is 28.8 Å². The van der Waals surface area contributed by atoms with Crippen molar-refractivity contribution < 1.29 is 0 Å². The largest absolute Gasteiger partial charge is 0.398 e. The van der Waals surface area contributed by atoms with Gasteiger partial charge < -0.3 is 5.73 Å². The highest BCUT2D eigenvalue weighted by atomic mass is 32.2. The van der Waals surface area contributed by atoms with Gasteiger partial charge in [0.2, 0.25) is 0 Å². The van der Waals surface area contributed by atoms with Gasteiger partial charge in [0.15, 0.2) is 0 Å². The van der Waals surface area contributed by atoms with Crippen molar-refractivity contribution in [2.24, 2.45) is 4.99 Å². The summed E-state index contributed by atoms with van der Waals surface area (Å²) in [5, 5.41) is 1.21. The van der Waals surface area contributed by atoms with Crippen molar-refractivity contribution >= 4 is 28.6 Å². The SMILES string of the molecule is Nc1cccc2c1CC(C1=NCCS1)=C2. The molecule has 3 rings (SSSR count). The predicted octanol–water partition coefficient (Wildman–Crippen LogP) is 2.35. The molecule has 0 radical (unpaired) electrons. The first-order chi connectivity index (χ1) is 7.34. The van der Waals surface area contributed by atoms with Crippen LogP contribution in [0, 0.1) is 0 Å². The van der Waals surface area contributed by atoms with E-state index in [2.05, 4.69) is 17.1 Å². The molecule has 1 heterocycles. The molecule has 0 amide bonds. The number of hydrogen-bond acceptors (Lipinski definition) is 3. The Labute approximate surface area is 93.3 Å². The van der Waals surface area contributed by atoms with Gasteiger partial charge in [-0.25, -0.2) is 0 Å². The molecule has 15 heavy (non-hydrogen) atoms. The van der Waals surface area contributed by atoms with Crippen LogP contribution in [0.4, 0.5) is 5.69 Å². The van der Waals surface area contributed by atoms with E-state index < -0.39 is 0 Å². The molecule has 0 saturated heterocycles. The third-order valence-corrected chi connectivity index (χ3v) is 3.86. The summed E-state index contributed by atoms with van der Waals surface area (Å²) in [5.74, 6) is 1.12. The van der Waals surface area contributed by atoms with E-state index in [1.165, 1.54) is 21.7 Å². The van der Waals surface area contributed by atoms with E-state index in [4.69, 9.17) is 5.73 Å². The molecule has 2 nitrogen and oxygen atoms in total. The summed E-state index contributed by atoms with van der Waals surface area (Å²) in [7, 11) is 0. The summed E-state index contributed by atoms with van der Waals surface area (Å²) < 4.78 is 0. The zero-order valence-corrected chi connectivity index (χ0v) is 9.18. The van der Waals surface area contributed by atoms with Gasteiger partial charge in [-0.15, -0.1) is 11.8 Å². The van der Waals surface area contributed by atoms with Crippen LogP contribution in [0.1, 0.15) is 11.1 Å². The van der Waals surface area contributed by atoms with Crippen LogP contribution in [0.3, 0.4) is 0 Å². The minimum atomic E-state index is 0.905. The van der Waals surface area contributed by atoms with Gasteiger partial charge in [0.1, 0.15) is 0 Å². The lowest BCUT2D eigenvalue weighted by atomic mass is 10.1. The Morgan fingerprint density at radius 1 is 1.33 bits per heavy atom. The molecule has 0 unspecified atom stereocenters. The molecule has 2 aliphatic rings. The number of thioether (sulfide) groups is 1. The van der Waals surface area contributed by atoms with E-state index >= 15 is 0 Å². The predicted molar refractivity (Wildman–Crippen MR) is 67.3 cm³/mol. The molecule has 0 atom stereocenters. The number of nitrogens with zero attached hydrogens (tertiary/aromatic N) is 1. The van der Waals surface area contributed by atoms with Gasteiger partial charge in [0, 0.05) is 24.4 Å². The fourth-order valence-electron chi connectivity index (χ4n) is 2.06. The molecule has 0 fully saturated rings. The smallest absolute Gasteiger partial charge is 0.0940 e. The van der Waals surface area contributed by atoms with Crippen LogP contribution in [0.2, 0.25) is 0 Å². The van der Waals surface area contributed by atoms with Crippen molar-refractivity contribution in [3.63, 3.8) is 0 Å². The lowest BCUT2D eigenvalue weighted by Crippen LogP contribution is -1.97. The molecule has 1 aliphatic heterocycles. The number of anilines is 1. The van der Waals surface area contributed by atoms with E-state index in [0.717, 1.165) is 24.4 Å². The number of hydrogen-bond donors (Lipinski definition) is 1. The van der Waals surface area contributed by atoms with Gasteiger partial charge in [-0.3, -0.25) is 4.99 Å². The molecule has 3 heteroatoms. The van der Waals surface area contributed by atoms with Crippen molar-refractivity contribution in [1.29, 1.82) is 0 Å². The maximum Gasteiger partial charge on any atom is 0.0940 e. The molecule has 0 saturated carbocycles. The van der Waals surface area contributed by atoms with Crippen LogP contribution in [0.5, 0.6) is 0 Å². The van der Waals surface area contributed by atoms with Crippen molar-refractivity contribution in [1.82, 2.24) is 0 Å². The molecule has 0 spiro atoms. The fraction of sp³-hybridized carbons (Fsp3) is 0.250. The maximum absolute atomic E-state index is 5.95. The second-order valence-electron chi connectivity index (χ2n) is 3.80. The number of nitrogens with two attached hydrogens (primary N) is 1. The molecule has 1 aromatic carbocycles. The van der Waals surface area contributed by atoms with Gasteiger partial charge in [0.25, 0.3) is 0 Å². The van der Waals surface area contributed by atoms with E-state index in [1.54, 1.807) is 0 Å². The summed E-state index contributed by atoms with van der Waals surface area (Å²) in [5.41, 5.74) is 10.7. The Kier molecular flexibility index (Phi) is 2.06. The summed E-state index contributed by atoms with van der Waals surface area (Å²) in [6.45, 7) is 0.961. The number of benzene rings is 1. The van der Waals surface area contributed by atoms with Crippen molar-refractivity contribution in [3.8, 4) is 0 Å². The zero-order chi connectivity index (χ0) is 10.3. The normalized spacial score (nSPS) is 18.7. The second-order valence-corrected chi connectivity index (χ2v) is 4.88. The van der Waals surface area contributed by atoms with Crippen LogP contribution in [-0.4, -0.2) is 17.3 Å². The van der Waals surface area contributed by atoms with Crippen LogP contribution >= 0.6 is 11.8 Å². The number of fused-ring (bicyclic) bond motifs is 1. The van der Waals surface area contributed by atoms with Gasteiger partial charge in [0.05, 0.1) is 5.04 Å². The number of nitrogen functional groups attached to an aromatic ring is 1. The molecule has 0 bridgehead atoms. The van der Waals surface area contributed by atoms with Crippen LogP contribution in [0.15, 0.2) is 28.8 Å². The van der Waals surface area contributed by atoms with Crippen LogP contribution in [-0.2, 0) is 6.42 Å². The van der Waals surface area contributed by atoms with Crippen molar-refractivity contribution in [3.05, 3.63) is 34.9 Å². The van der Waals surface area contributed by atoms with Crippen molar-refractivity contribution in [2.75, 3.05) is 18.0 Å².